The van der Waals surface area contributed by atoms with Crippen LogP contribution in [0.3, 0.4) is 0 Å². The molecule has 3 aromatic rings. The lowest BCUT2D eigenvalue weighted by Crippen LogP contribution is -2.15. The van der Waals surface area contributed by atoms with Gasteiger partial charge in [-0.05, 0) is 95.0 Å². The zero-order valence-electron chi connectivity index (χ0n) is 22.3. The van der Waals surface area contributed by atoms with Gasteiger partial charge in [0.1, 0.15) is 0 Å². The first-order chi connectivity index (χ1) is 18.5. The summed E-state index contributed by atoms with van der Waals surface area (Å²) in [7, 11) is 0. The fraction of sp³-hybridized carbons (Fsp3) is 0.412. The summed E-state index contributed by atoms with van der Waals surface area (Å²) >= 11 is 0. The van der Waals surface area contributed by atoms with Crippen molar-refractivity contribution < 1.29 is 19.8 Å². The first-order valence-corrected chi connectivity index (χ1v) is 14.4. The largest absolute Gasteiger partial charge is 0.478 e. The second kappa shape index (κ2) is 11.6. The third-order valence-electron chi connectivity index (χ3n) is 8.66. The van der Waals surface area contributed by atoms with Crippen LogP contribution in [0.25, 0.3) is 22.3 Å². The fourth-order valence-electron chi connectivity index (χ4n) is 7.01. The van der Waals surface area contributed by atoms with E-state index in [9.17, 15) is 19.8 Å². The predicted molar refractivity (Wildman–Crippen MR) is 152 cm³/mol. The highest BCUT2D eigenvalue weighted by molar-refractivity contribution is 6.04. The maximum atomic E-state index is 12.6. The number of rotatable bonds is 8. The highest BCUT2D eigenvalue weighted by Gasteiger charge is 2.32. The summed E-state index contributed by atoms with van der Waals surface area (Å²) in [6, 6.07) is 17.0. The number of carboxylic acids is 2. The number of benzene rings is 3. The second-order valence-electron chi connectivity index (χ2n) is 11.1. The number of carboxylic acid groups (broad SMARTS) is 2. The Kier molecular flexibility index (Phi) is 7.97. The van der Waals surface area contributed by atoms with Crippen molar-refractivity contribution in [2.24, 2.45) is 0 Å². The van der Waals surface area contributed by atoms with Crippen LogP contribution in [0, 0.1) is 0 Å². The standard InChI is InChI=1S/C34H38O4/c1-2-12-24-21-29(22-13-6-7-14-22)30(23-15-4-3-5-16-23)32(26-18-9-11-20-28(26)34(37)38)31(24)25-17-8-10-19-27(25)33(35)36/h8-11,17-23H,2-7,12-16H2,1H3,(H,35,36)(H,37,38). The van der Waals surface area contributed by atoms with Gasteiger partial charge in [0.05, 0.1) is 11.1 Å². The molecule has 4 heteroatoms. The molecule has 2 aliphatic rings. The van der Waals surface area contributed by atoms with E-state index >= 15 is 0 Å². The van der Waals surface area contributed by atoms with E-state index in [1.54, 1.807) is 24.3 Å². The van der Waals surface area contributed by atoms with E-state index in [0.29, 0.717) is 23.0 Å². The quantitative estimate of drug-likeness (QED) is 0.317. The Morgan fingerprint density at radius 2 is 1.21 bits per heavy atom. The van der Waals surface area contributed by atoms with Gasteiger partial charge in [-0.1, -0.05) is 87.9 Å². The second-order valence-corrected chi connectivity index (χ2v) is 11.1. The van der Waals surface area contributed by atoms with Crippen LogP contribution < -0.4 is 0 Å². The molecule has 0 radical (unpaired) electrons. The smallest absolute Gasteiger partial charge is 0.336 e. The number of aromatic carboxylic acids is 2. The summed E-state index contributed by atoms with van der Waals surface area (Å²) in [4.78, 5) is 25.0. The molecular formula is C34H38O4. The average Bonchev–Trinajstić information content (AvgIpc) is 3.48. The summed E-state index contributed by atoms with van der Waals surface area (Å²) in [5.41, 5.74) is 7.66. The van der Waals surface area contributed by atoms with Crippen LogP contribution >= 0.6 is 0 Å². The van der Waals surface area contributed by atoms with Crippen LogP contribution in [0.15, 0.2) is 54.6 Å². The maximum Gasteiger partial charge on any atom is 0.336 e. The van der Waals surface area contributed by atoms with Gasteiger partial charge in [-0.2, -0.15) is 0 Å². The van der Waals surface area contributed by atoms with Crippen molar-refractivity contribution in [2.75, 3.05) is 0 Å². The van der Waals surface area contributed by atoms with Crippen LogP contribution in [0.1, 0.15) is 120 Å². The summed E-state index contributed by atoms with van der Waals surface area (Å²) in [5, 5.41) is 20.5. The SMILES string of the molecule is CCCc1cc(C2CCCC2)c(C2CCCCC2)c(-c2ccccc2C(=O)O)c1-c1ccccc1C(=O)O. The van der Waals surface area contributed by atoms with Gasteiger partial charge in [-0.15, -0.1) is 0 Å². The number of aryl methyl sites for hydroxylation is 1. The lowest BCUT2D eigenvalue weighted by molar-refractivity contribution is 0.0686. The summed E-state index contributed by atoms with van der Waals surface area (Å²) in [5.74, 6) is -1.08. The van der Waals surface area contributed by atoms with Crippen molar-refractivity contribution in [3.05, 3.63) is 82.4 Å². The minimum Gasteiger partial charge on any atom is -0.478 e. The molecule has 2 saturated carbocycles. The first kappa shape index (κ1) is 26.2. The highest BCUT2D eigenvalue weighted by atomic mass is 16.4. The van der Waals surface area contributed by atoms with Gasteiger partial charge in [-0.3, -0.25) is 0 Å². The van der Waals surface area contributed by atoms with Crippen LogP contribution in [0.5, 0.6) is 0 Å². The van der Waals surface area contributed by atoms with Crippen LogP contribution in [-0.4, -0.2) is 22.2 Å². The van der Waals surface area contributed by atoms with Gasteiger partial charge in [-0.25, -0.2) is 9.59 Å². The van der Waals surface area contributed by atoms with Crippen molar-refractivity contribution >= 4 is 11.9 Å². The summed E-state index contributed by atoms with van der Waals surface area (Å²) < 4.78 is 0. The molecule has 0 spiro atoms. The maximum absolute atomic E-state index is 12.6. The predicted octanol–water partition coefficient (Wildman–Crippen LogP) is 9.07. The molecule has 0 heterocycles. The number of hydrogen-bond acceptors (Lipinski definition) is 2. The Bertz CT molecular complexity index is 1330. The van der Waals surface area contributed by atoms with E-state index in [0.717, 1.165) is 55.2 Å². The molecule has 0 bridgehead atoms. The summed E-state index contributed by atoms with van der Waals surface area (Å²) in [6.45, 7) is 2.15. The zero-order valence-corrected chi connectivity index (χ0v) is 22.3. The van der Waals surface area contributed by atoms with E-state index in [1.165, 1.54) is 43.2 Å². The Morgan fingerprint density at radius 3 is 1.76 bits per heavy atom. The molecule has 38 heavy (non-hydrogen) atoms. The lowest BCUT2D eigenvalue weighted by atomic mass is 9.71. The van der Waals surface area contributed by atoms with E-state index in [-0.39, 0.29) is 11.1 Å². The number of hydrogen-bond donors (Lipinski definition) is 2. The molecular weight excluding hydrogens is 472 g/mol. The molecule has 0 unspecified atom stereocenters. The van der Waals surface area contributed by atoms with E-state index in [1.807, 2.05) is 24.3 Å². The molecule has 0 amide bonds. The van der Waals surface area contributed by atoms with Crippen LogP contribution in [0.2, 0.25) is 0 Å². The molecule has 2 aliphatic carbocycles. The number of carbonyl (C=O) groups is 2. The van der Waals surface area contributed by atoms with Gasteiger partial charge < -0.3 is 10.2 Å². The van der Waals surface area contributed by atoms with E-state index in [2.05, 4.69) is 13.0 Å². The Hall–Kier alpha value is -3.40. The van der Waals surface area contributed by atoms with Gasteiger partial charge in [0, 0.05) is 0 Å². The highest BCUT2D eigenvalue weighted by Crippen LogP contribution is 2.51. The summed E-state index contributed by atoms with van der Waals surface area (Å²) in [6.07, 6.45) is 12.3. The molecule has 0 atom stereocenters. The van der Waals surface area contributed by atoms with Crippen LogP contribution in [0.4, 0.5) is 0 Å². The normalized spacial score (nSPS) is 16.6. The topological polar surface area (TPSA) is 74.6 Å². The van der Waals surface area contributed by atoms with Gasteiger partial charge in [0.25, 0.3) is 0 Å². The molecule has 0 saturated heterocycles. The van der Waals surface area contributed by atoms with Crippen molar-refractivity contribution in [2.45, 2.75) is 89.4 Å². The van der Waals surface area contributed by atoms with Gasteiger partial charge >= 0.3 is 11.9 Å². The van der Waals surface area contributed by atoms with E-state index in [4.69, 9.17) is 0 Å². The van der Waals surface area contributed by atoms with E-state index < -0.39 is 11.9 Å². The molecule has 3 aromatic carbocycles. The van der Waals surface area contributed by atoms with Crippen LogP contribution in [-0.2, 0) is 6.42 Å². The molecule has 5 rings (SSSR count). The Labute approximate surface area is 225 Å². The third-order valence-corrected chi connectivity index (χ3v) is 8.66. The third kappa shape index (κ3) is 5.01. The Morgan fingerprint density at radius 1 is 0.711 bits per heavy atom. The van der Waals surface area contributed by atoms with Gasteiger partial charge in [0.2, 0.25) is 0 Å². The average molecular weight is 511 g/mol. The minimum atomic E-state index is -0.959. The Balaban J connectivity index is 1.96. The van der Waals surface area contributed by atoms with Crippen molar-refractivity contribution in [3.63, 3.8) is 0 Å². The minimum absolute atomic E-state index is 0.266. The monoisotopic (exact) mass is 510 g/mol. The van der Waals surface area contributed by atoms with Crippen molar-refractivity contribution in [1.29, 1.82) is 0 Å². The van der Waals surface area contributed by atoms with Gasteiger partial charge in [0.15, 0.2) is 0 Å². The van der Waals surface area contributed by atoms with Crippen molar-refractivity contribution in [3.8, 4) is 22.3 Å². The molecule has 2 fully saturated rings. The van der Waals surface area contributed by atoms with Crippen molar-refractivity contribution in [1.82, 2.24) is 0 Å². The fourth-order valence-corrected chi connectivity index (χ4v) is 7.01. The molecule has 198 valence electrons. The lowest BCUT2D eigenvalue weighted by Gasteiger charge is -2.33. The molecule has 2 N–H and O–H groups in total. The molecule has 0 aliphatic heterocycles. The molecule has 4 nitrogen and oxygen atoms in total. The first-order valence-electron chi connectivity index (χ1n) is 14.4. The zero-order chi connectivity index (χ0) is 26.6. The molecule has 0 aromatic heterocycles.